The summed E-state index contributed by atoms with van der Waals surface area (Å²) in [6.45, 7) is 10.8. The minimum absolute atomic E-state index is 0.00493. The van der Waals surface area contributed by atoms with Gasteiger partial charge in [0.15, 0.2) is 0 Å². The van der Waals surface area contributed by atoms with Crippen LogP contribution in [0.4, 0.5) is 0 Å². The molecule has 4 heteroatoms. The van der Waals surface area contributed by atoms with Gasteiger partial charge in [-0.3, -0.25) is 9.59 Å². The predicted molar refractivity (Wildman–Crippen MR) is 62.8 cm³/mol. The molecule has 0 saturated carbocycles. The van der Waals surface area contributed by atoms with Gasteiger partial charge in [0.05, 0.1) is 0 Å². The minimum Gasteiger partial charge on any atom is -0.340 e. The lowest BCUT2D eigenvalue weighted by Gasteiger charge is -2.44. The number of amides is 2. The van der Waals surface area contributed by atoms with Crippen molar-refractivity contribution < 1.29 is 9.59 Å². The van der Waals surface area contributed by atoms with Crippen molar-refractivity contribution in [2.45, 2.75) is 51.7 Å². The Bertz CT molecular complexity index is 323. The van der Waals surface area contributed by atoms with Gasteiger partial charge in [-0.15, -0.1) is 6.58 Å². The fourth-order valence-electron chi connectivity index (χ4n) is 2.03. The number of nitrogens with one attached hydrogen (secondary N) is 1. The van der Waals surface area contributed by atoms with Crippen LogP contribution >= 0.6 is 0 Å². The Balaban J connectivity index is 2.98. The molecule has 1 fully saturated rings. The lowest BCUT2D eigenvalue weighted by Crippen LogP contribution is -2.68. The van der Waals surface area contributed by atoms with Gasteiger partial charge in [0.2, 0.25) is 11.8 Å². The summed E-state index contributed by atoms with van der Waals surface area (Å²) >= 11 is 0. The number of carbonyl (C=O) groups is 2. The van der Waals surface area contributed by atoms with Crippen molar-refractivity contribution in [1.82, 2.24) is 10.2 Å². The number of nitrogens with zero attached hydrogens (tertiary/aromatic N) is 1. The molecule has 4 nitrogen and oxygen atoms in total. The molecular weight excluding hydrogens is 204 g/mol. The molecule has 1 saturated heterocycles. The predicted octanol–water partition coefficient (Wildman–Crippen LogP) is 1.08. The van der Waals surface area contributed by atoms with Gasteiger partial charge in [0.25, 0.3) is 0 Å². The van der Waals surface area contributed by atoms with E-state index in [1.807, 2.05) is 6.92 Å². The number of carbonyl (C=O) groups excluding carboxylic acids is 2. The SMILES string of the molecule is C=CCC(C)N1C(=O)C(C)(C)NC(=O)C1C. The standard InChI is InChI=1S/C12H20N2O2/c1-6-7-8(2)14-9(3)10(15)13-12(4,5)11(14)16/h6,8-9H,1,7H2,2-5H3,(H,13,15). The van der Waals surface area contributed by atoms with E-state index in [-0.39, 0.29) is 17.9 Å². The summed E-state index contributed by atoms with van der Waals surface area (Å²) in [7, 11) is 0. The van der Waals surface area contributed by atoms with Gasteiger partial charge >= 0.3 is 0 Å². The van der Waals surface area contributed by atoms with Crippen LogP contribution in [0.1, 0.15) is 34.1 Å². The molecular formula is C12H20N2O2. The molecule has 0 aromatic heterocycles. The molecule has 0 spiro atoms. The summed E-state index contributed by atoms with van der Waals surface area (Å²) in [5.74, 6) is -0.130. The first kappa shape index (κ1) is 12.7. The van der Waals surface area contributed by atoms with Gasteiger partial charge < -0.3 is 10.2 Å². The second kappa shape index (κ2) is 4.28. The second-order valence-electron chi connectivity index (χ2n) is 4.88. The van der Waals surface area contributed by atoms with Crippen LogP contribution in [-0.2, 0) is 9.59 Å². The number of hydrogen-bond donors (Lipinski definition) is 1. The molecule has 0 aromatic rings. The Morgan fingerprint density at radius 3 is 2.62 bits per heavy atom. The Labute approximate surface area is 96.7 Å². The first-order valence-corrected chi connectivity index (χ1v) is 5.57. The summed E-state index contributed by atoms with van der Waals surface area (Å²) in [4.78, 5) is 25.6. The topological polar surface area (TPSA) is 49.4 Å². The van der Waals surface area contributed by atoms with Crippen LogP contribution in [0.25, 0.3) is 0 Å². The summed E-state index contributed by atoms with van der Waals surface area (Å²) < 4.78 is 0. The van der Waals surface area contributed by atoms with Crippen LogP contribution in [-0.4, -0.2) is 34.3 Å². The van der Waals surface area contributed by atoms with E-state index >= 15 is 0 Å². The molecule has 2 unspecified atom stereocenters. The van der Waals surface area contributed by atoms with Gasteiger partial charge in [0, 0.05) is 6.04 Å². The first-order valence-electron chi connectivity index (χ1n) is 5.57. The fourth-order valence-corrected chi connectivity index (χ4v) is 2.03. The number of piperazine rings is 1. The molecule has 0 aromatic carbocycles. The Kier molecular flexibility index (Phi) is 3.41. The van der Waals surface area contributed by atoms with Crippen LogP contribution in [0.3, 0.4) is 0 Å². The Hall–Kier alpha value is -1.32. The monoisotopic (exact) mass is 224 g/mol. The molecule has 1 N–H and O–H groups in total. The van der Waals surface area contributed by atoms with Crippen molar-refractivity contribution >= 4 is 11.8 Å². The minimum atomic E-state index is -0.807. The summed E-state index contributed by atoms with van der Waals surface area (Å²) in [6.07, 6.45) is 2.46. The summed E-state index contributed by atoms with van der Waals surface area (Å²) in [5, 5.41) is 2.73. The quantitative estimate of drug-likeness (QED) is 0.729. The van der Waals surface area contributed by atoms with Crippen molar-refractivity contribution in [2.24, 2.45) is 0 Å². The first-order chi connectivity index (χ1) is 7.31. The lowest BCUT2D eigenvalue weighted by atomic mass is 9.95. The van der Waals surface area contributed by atoms with E-state index in [0.717, 1.165) is 0 Å². The zero-order valence-electron chi connectivity index (χ0n) is 10.4. The second-order valence-corrected chi connectivity index (χ2v) is 4.88. The van der Waals surface area contributed by atoms with Crippen LogP contribution < -0.4 is 5.32 Å². The maximum atomic E-state index is 12.2. The molecule has 0 bridgehead atoms. The Morgan fingerprint density at radius 1 is 1.56 bits per heavy atom. The van der Waals surface area contributed by atoms with E-state index in [0.29, 0.717) is 6.42 Å². The van der Waals surface area contributed by atoms with E-state index in [1.165, 1.54) is 0 Å². The molecule has 1 aliphatic heterocycles. The van der Waals surface area contributed by atoms with Gasteiger partial charge in [-0.05, 0) is 34.1 Å². The third-order valence-electron chi connectivity index (χ3n) is 2.98. The molecule has 90 valence electrons. The fraction of sp³-hybridized carbons (Fsp3) is 0.667. The van der Waals surface area contributed by atoms with Crippen molar-refractivity contribution in [1.29, 1.82) is 0 Å². The van der Waals surface area contributed by atoms with E-state index in [2.05, 4.69) is 11.9 Å². The molecule has 0 aliphatic carbocycles. The molecule has 16 heavy (non-hydrogen) atoms. The third-order valence-corrected chi connectivity index (χ3v) is 2.98. The normalized spacial score (nSPS) is 26.2. The number of hydrogen-bond acceptors (Lipinski definition) is 2. The highest BCUT2D eigenvalue weighted by Crippen LogP contribution is 2.21. The van der Waals surface area contributed by atoms with Crippen molar-refractivity contribution in [3.05, 3.63) is 12.7 Å². The molecule has 0 radical (unpaired) electrons. The van der Waals surface area contributed by atoms with Gasteiger partial charge in [-0.2, -0.15) is 0 Å². The van der Waals surface area contributed by atoms with Gasteiger partial charge in [0.1, 0.15) is 11.6 Å². The van der Waals surface area contributed by atoms with Crippen molar-refractivity contribution in [3.63, 3.8) is 0 Å². The van der Waals surface area contributed by atoms with Gasteiger partial charge in [-0.1, -0.05) is 6.08 Å². The summed E-state index contributed by atoms with van der Waals surface area (Å²) in [6, 6.07) is -0.402. The molecule has 2 atom stereocenters. The molecule has 1 heterocycles. The van der Waals surface area contributed by atoms with Gasteiger partial charge in [-0.25, -0.2) is 0 Å². The number of rotatable bonds is 3. The van der Waals surface area contributed by atoms with E-state index in [9.17, 15) is 9.59 Å². The molecule has 1 rings (SSSR count). The van der Waals surface area contributed by atoms with Crippen LogP contribution in [0.15, 0.2) is 12.7 Å². The maximum absolute atomic E-state index is 12.2. The Morgan fingerprint density at radius 2 is 2.12 bits per heavy atom. The zero-order chi connectivity index (χ0) is 12.5. The highest BCUT2D eigenvalue weighted by atomic mass is 16.2. The van der Waals surface area contributed by atoms with Crippen molar-refractivity contribution in [2.75, 3.05) is 0 Å². The molecule has 2 amide bonds. The van der Waals surface area contributed by atoms with E-state index < -0.39 is 11.6 Å². The highest BCUT2D eigenvalue weighted by Gasteiger charge is 2.44. The average molecular weight is 224 g/mol. The van der Waals surface area contributed by atoms with Crippen LogP contribution in [0.2, 0.25) is 0 Å². The van der Waals surface area contributed by atoms with Crippen molar-refractivity contribution in [3.8, 4) is 0 Å². The maximum Gasteiger partial charge on any atom is 0.248 e. The van der Waals surface area contributed by atoms with Crippen LogP contribution in [0.5, 0.6) is 0 Å². The zero-order valence-corrected chi connectivity index (χ0v) is 10.4. The van der Waals surface area contributed by atoms with E-state index in [1.54, 1.807) is 31.7 Å². The lowest BCUT2D eigenvalue weighted by molar-refractivity contribution is -0.155. The largest absolute Gasteiger partial charge is 0.340 e. The average Bonchev–Trinajstić information content (AvgIpc) is 2.15. The smallest absolute Gasteiger partial charge is 0.248 e. The highest BCUT2D eigenvalue weighted by molar-refractivity contribution is 5.99. The van der Waals surface area contributed by atoms with E-state index in [4.69, 9.17) is 0 Å². The molecule has 1 aliphatic rings. The summed E-state index contributed by atoms with van der Waals surface area (Å²) in [5.41, 5.74) is -0.807. The third kappa shape index (κ3) is 2.10. The van der Waals surface area contributed by atoms with Crippen LogP contribution in [0, 0.1) is 0 Å².